The molecule has 0 aliphatic carbocycles. The maximum absolute atomic E-state index is 12.2. The Bertz CT molecular complexity index is 797. The summed E-state index contributed by atoms with van der Waals surface area (Å²) in [6.45, 7) is 7.06. The summed E-state index contributed by atoms with van der Waals surface area (Å²) in [7, 11) is 0. The van der Waals surface area contributed by atoms with Crippen molar-refractivity contribution in [2.45, 2.75) is 39.8 Å². The van der Waals surface area contributed by atoms with E-state index >= 15 is 0 Å². The predicted octanol–water partition coefficient (Wildman–Crippen LogP) is 4.07. The van der Waals surface area contributed by atoms with E-state index in [1.54, 1.807) is 11.3 Å². The van der Waals surface area contributed by atoms with Gasteiger partial charge in [0.05, 0.1) is 23.4 Å². The number of benzene rings is 1. The molecule has 0 saturated carbocycles. The molecule has 1 aromatic heterocycles. The van der Waals surface area contributed by atoms with Crippen LogP contribution in [0.15, 0.2) is 29.3 Å². The summed E-state index contributed by atoms with van der Waals surface area (Å²) in [5, 5.41) is 17.4. The number of hydrogen-bond acceptors (Lipinski definition) is 5. The molecule has 11 heteroatoms. The Balaban J connectivity index is 0.00000420. The number of nitrogens with zero attached hydrogens (tertiary/aromatic N) is 2. The first-order valence-corrected chi connectivity index (χ1v) is 9.48. The maximum atomic E-state index is 12.2. The van der Waals surface area contributed by atoms with Crippen molar-refractivity contribution in [1.29, 1.82) is 0 Å². The van der Waals surface area contributed by atoms with Gasteiger partial charge in [-0.05, 0) is 38.5 Å². The number of aryl methyl sites for hydroxylation is 2. The average Bonchev–Trinajstić information content (AvgIpc) is 2.93. The third-order valence-electron chi connectivity index (χ3n) is 3.69. The van der Waals surface area contributed by atoms with Gasteiger partial charge in [0, 0.05) is 18.0 Å². The Morgan fingerprint density at radius 3 is 2.41 bits per heavy atom. The fraction of sp³-hybridized carbons (Fsp3) is 0.444. The topological polar surface area (TPSA) is 78.8 Å². The van der Waals surface area contributed by atoms with Gasteiger partial charge < -0.3 is 20.5 Å². The summed E-state index contributed by atoms with van der Waals surface area (Å²) >= 11 is 1.59. The van der Waals surface area contributed by atoms with Gasteiger partial charge >= 0.3 is 6.36 Å². The lowest BCUT2D eigenvalue weighted by Gasteiger charge is -2.16. The molecule has 0 saturated heterocycles. The number of aliphatic hydroxyl groups is 1. The van der Waals surface area contributed by atoms with Gasteiger partial charge in [-0.15, -0.1) is 48.5 Å². The Morgan fingerprint density at radius 2 is 1.90 bits per heavy atom. The summed E-state index contributed by atoms with van der Waals surface area (Å²) < 4.78 is 40.4. The van der Waals surface area contributed by atoms with Crippen LogP contribution in [0, 0.1) is 13.8 Å². The number of thiazole rings is 1. The van der Waals surface area contributed by atoms with Crippen LogP contribution in [-0.4, -0.2) is 35.5 Å². The van der Waals surface area contributed by atoms with E-state index in [1.807, 2.05) is 20.8 Å². The van der Waals surface area contributed by atoms with Crippen LogP contribution in [0.3, 0.4) is 0 Å². The second kappa shape index (κ2) is 11.6. The van der Waals surface area contributed by atoms with Crippen molar-refractivity contribution >= 4 is 41.3 Å². The summed E-state index contributed by atoms with van der Waals surface area (Å²) in [5.74, 6) is 0.200. The zero-order valence-electron chi connectivity index (χ0n) is 16.2. The second-order valence-corrected chi connectivity index (χ2v) is 7.24. The minimum atomic E-state index is -4.74. The van der Waals surface area contributed by atoms with Gasteiger partial charge in [0.25, 0.3) is 0 Å². The Hall–Kier alpha value is -1.60. The van der Waals surface area contributed by atoms with Crippen LogP contribution in [0.1, 0.15) is 34.2 Å². The predicted molar refractivity (Wildman–Crippen MR) is 118 cm³/mol. The first kappa shape index (κ1) is 25.4. The molecular weight excluding hydrogens is 520 g/mol. The molecule has 1 unspecified atom stereocenters. The molecule has 0 spiro atoms. The molecule has 0 aliphatic rings. The number of guanidine groups is 1. The van der Waals surface area contributed by atoms with Gasteiger partial charge in [0.2, 0.25) is 0 Å². The number of aromatic nitrogens is 1. The van der Waals surface area contributed by atoms with Crippen molar-refractivity contribution < 1.29 is 23.0 Å². The molecule has 0 bridgehead atoms. The first-order chi connectivity index (χ1) is 13.2. The van der Waals surface area contributed by atoms with Crippen molar-refractivity contribution in [3.05, 3.63) is 45.4 Å². The van der Waals surface area contributed by atoms with Gasteiger partial charge in [0.15, 0.2) is 5.96 Å². The molecular formula is C18H24F3IN4O2S. The van der Waals surface area contributed by atoms with E-state index in [4.69, 9.17) is 0 Å². The highest BCUT2D eigenvalue weighted by Crippen LogP contribution is 2.24. The summed E-state index contributed by atoms with van der Waals surface area (Å²) in [5.41, 5.74) is 1.41. The summed E-state index contributed by atoms with van der Waals surface area (Å²) in [6.07, 6.45) is -5.66. The highest BCUT2D eigenvalue weighted by Gasteiger charge is 2.31. The number of hydrogen-bond donors (Lipinski definition) is 3. The lowest BCUT2D eigenvalue weighted by Crippen LogP contribution is -2.39. The van der Waals surface area contributed by atoms with E-state index in [1.165, 1.54) is 24.3 Å². The Morgan fingerprint density at radius 1 is 1.24 bits per heavy atom. The zero-order valence-corrected chi connectivity index (χ0v) is 19.4. The molecule has 162 valence electrons. The molecule has 1 heterocycles. The zero-order chi connectivity index (χ0) is 20.7. The largest absolute Gasteiger partial charge is 0.573 e. The molecule has 0 amide bonds. The number of alkyl halides is 3. The van der Waals surface area contributed by atoms with Crippen LogP contribution in [0.2, 0.25) is 0 Å². The highest BCUT2D eigenvalue weighted by atomic mass is 127. The number of ether oxygens (including phenoxy) is 1. The van der Waals surface area contributed by atoms with Gasteiger partial charge in [0.1, 0.15) is 5.75 Å². The van der Waals surface area contributed by atoms with Gasteiger partial charge in [-0.2, -0.15) is 0 Å². The number of halogens is 4. The molecule has 0 fully saturated rings. The van der Waals surface area contributed by atoms with E-state index < -0.39 is 12.5 Å². The SMILES string of the molecule is CCNC(=NCc1sc(C)nc1C)NCC(O)c1ccc(OC(F)(F)F)cc1.I. The van der Waals surface area contributed by atoms with Crippen LogP contribution in [0.25, 0.3) is 0 Å². The standard InChI is InChI=1S/C18H23F3N4O2S.HI/c1-4-22-17(24-10-16-11(2)25-12(3)28-16)23-9-15(26)13-5-7-14(8-6-13)27-18(19,20)21;/h5-8,15,26H,4,9-10H2,1-3H3,(H2,22,23,24);1H. The number of rotatable bonds is 7. The van der Waals surface area contributed by atoms with Crippen molar-refractivity contribution in [3.63, 3.8) is 0 Å². The van der Waals surface area contributed by atoms with Gasteiger partial charge in [-0.1, -0.05) is 12.1 Å². The first-order valence-electron chi connectivity index (χ1n) is 8.66. The van der Waals surface area contributed by atoms with Crippen molar-refractivity contribution in [1.82, 2.24) is 15.6 Å². The van der Waals surface area contributed by atoms with Crippen molar-refractivity contribution in [3.8, 4) is 5.75 Å². The molecule has 2 rings (SSSR count). The lowest BCUT2D eigenvalue weighted by atomic mass is 10.1. The maximum Gasteiger partial charge on any atom is 0.573 e. The van der Waals surface area contributed by atoms with Crippen LogP contribution >= 0.6 is 35.3 Å². The molecule has 0 radical (unpaired) electrons. The van der Waals surface area contributed by atoms with E-state index in [2.05, 4.69) is 25.3 Å². The highest BCUT2D eigenvalue weighted by molar-refractivity contribution is 14.0. The van der Waals surface area contributed by atoms with Gasteiger partial charge in [-0.25, -0.2) is 9.98 Å². The molecule has 0 aliphatic heterocycles. The smallest absolute Gasteiger partial charge is 0.406 e. The van der Waals surface area contributed by atoms with Crippen LogP contribution < -0.4 is 15.4 Å². The van der Waals surface area contributed by atoms with E-state index in [-0.39, 0.29) is 36.3 Å². The molecule has 1 atom stereocenters. The number of nitrogens with one attached hydrogen (secondary N) is 2. The third-order valence-corrected chi connectivity index (χ3v) is 4.74. The molecule has 29 heavy (non-hydrogen) atoms. The minimum Gasteiger partial charge on any atom is -0.406 e. The van der Waals surface area contributed by atoms with Crippen molar-refractivity contribution in [2.75, 3.05) is 13.1 Å². The monoisotopic (exact) mass is 544 g/mol. The summed E-state index contributed by atoms with van der Waals surface area (Å²) in [4.78, 5) is 9.92. The van der Waals surface area contributed by atoms with Crippen LogP contribution in [0.4, 0.5) is 13.2 Å². The van der Waals surface area contributed by atoms with Crippen LogP contribution in [-0.2, 0) is 6.54 Å². The quantitative estimate of drug-likeness (QED) is 0.279. The van der Waals surface area contributed by atoms with Crippen molar-refractivity contribution in [2.24, 2.45) is 4.99 Å². The minimum absolute atomic E-state index is 0. The lowest BCUT2D eigenvalue weighted by molar-refractivity contribution is -0.274. The summed E-state index contributed by atoms with van der Waals surface area (Å²) in [6, 6.07) is 5.11. The Kier molecular flexibility index (Phi) is 10.1. The fourth-order valence-electron chi connectivity index (χ4n) is 2.42. The fourth-order valence-corrected chi connectivity index (χ4v) is 3.28. The molecule has 1 aromatic carbocycles. The molecule has 3 N–H and O–H groups in total. The van der Waals surface area contributed by atoms with Crippen LogP contribution in [0.5, 0.6) is 5.75 Å². The Labute approximate surface area is 188 Å². The normalized spacial score (nSPS) is 12.9. The molecule has 6 nitrogen and oxygen atoms in total. The second-order valence-electron chi connectivity index (χ2n) is 5.95. The number of aliphatic imine (C=N–C) groups is 1. The average molecular weight is 544 g/mol. The van der Waals surface area contributed by atoms with E-state index in [0.717, 1.165) is 15.6 Å². The number of aliphatic hydroxyl groups excluding tert-OH is 1. The van der Waals surface area contributed by atoms with E-state index in [0.29, 0.717) is 24.6 Å². The van der Waals surface area contributed by atoms with E-state index in [9.17, 15) is 18.3 Å². The molecule has 2 aromatic rings. The third kappa shape index (κ3) is 8.74. The van der Waals surface area contributed by atoms with Gasteiger partial charge in [-0.3, -0.25) is 0 Å².